The van der Waals surface area contributed by atoms with Gasteiger partial charge in [-0.25, -0.2) is 12.7 Å². The van der Waals surface area contributed by atoms with Gasteiger partial charge in [0, 0.05) is 26.7 Å². The number of amides is 3. The van der Waals surface area contributed by atoms with Gasteiger partial charge in [-0.05, 0) is 42.8 Å². The average molecular weight is 415 g/mol. The maximum absolute atomic E-state index is 12.6. The molecule has 1 atom stereocenters. The number of carbonyl (C=O) groups is 3. The van der Waals surface area contributed by atoms with E-state index in [0.717, 1.165) is 14.8 Å². The molecule has 3 rings (SSSR count). The van der Waals surface area contributed by atoms with E-state index in [-0.39, 0.29) is 21.6 Å². The molecule has 152 valence electrons. The minimum Gasteiger partial charge on any atom is -0.346 e. The lowest BCUT2D eigenvalue weighted by Gasteiger charge is -2.16. The Labute approximate surface area is 169 Å². The minimum atomic E-state index is -3.52. The van der Waals surface area contributed by atoms with Crippen molar-refractivity contribution in [2.45, 2.75) is 17.9 Å². The van der Waals surface area contributed by atoms with Crippen molar-refractivity contribution in [2.75, 3.05) is 21.1 Å². The summed E-state index contributed by atoms with van der Waals surface area (Å²) in [5.74, 6) is -1.23. The largest absolute Gasteiger partial charge is 0.346 e. The van der Waals surface area contributed by atoms with Crippen molar-refractivity contribution >= 4 is 27.7 Å². The van der Waals surface area contributed by atoms with Gasteiger partial charge >= 0.3 is 0 Å². The summed E-state index contributed by atoms with van der Waals surface area (Å²) in [5.41, 5.74) is 1.47. The standard InChI is InChI=1S/C20H21N3O5S/c1-12(13-5-8-15(9-6-13)29(27,28)22(2)3)21-18(24)14-7-10-16-17(11-14)20(26)23(4)19(16)25/h5-12H,1-4H3,(H,21,24). The third-order valence-electron chi connectivity index (χ3n) is 4.86. The summed E-state index contributed by atoms with van der Waals surface area (Å²) in [6.45, 7) is 1.77. The van der Waals surface area contributed by atoms with Crippen molar-refractivity contribution in [3.63, 3.8) is 0 Å². The lowest BCUT2D eigenvalue weighted by molar-refractivity contribution is 0.0693. The van der Waals surface area contributed by atoms with Gasteiger partial charge in [-0.2, -0.15) is 0 Å². The predicted octanol–water partition coefficient (Wildman–Crippen LogP) is 1.65. The van der Waals surface area contributed by atoms with Gasteiger partial charge in [0.15, 0.2) is 0 Å². The van der Waals surface area contributed by atoms with Crippen LogP contribution >= 0.6 is 0 Å². The molecule has 8 nitrogen and oxygen atoms in total. The van der Waals surface area contributed by atoms with Gasteiger partial charge in [-0.15, -0.1) is 0 Å². The number of hydrogen-bond acceptors (Lipinski definition) is 5. The van der Waals surface area contributed by atoms with E-state index in [0.29, 0.717) is 0 Å². The van der Waals surface area contributed by atoms with Gasteiger partial charge < -0.3 is 5.32 Å². The summed E-state index contributed by atoms with van der Waals surface area (Å²) in [5, 5.41) is 2.81. The molecule has 0 bridgehead atoms. The van der Waals surface area contributed by atoms with Gasteiger partial charge in [0.25, 0.3) is 17.7 Å². The monoisotopic (exact) mass is 415 g/mol. The third-order valence-corrected chi connectivity index (χ3v) is 6.69. The molecule has 1 aliphatic rings. The first kappa shape index (κ1) is 20.7. The highest BCUT2D eigenvalue weighted by molar-refractivity contribution is 7.89. The fourth-order valence-corrected chi connectivity index (χ4v) is 3.91. The summed E-state index contributed by atoms with van der Waals surface area (Å²) >= 11 is 0. The number of imide groups is 1. The number of sulfonamides is 1. The number of nitrogens with zero attached hydrogens (tertiary/aromatic N) is 2. The highest BCUT2D eigenvalue weighted by atomic mass is 32.2. The molecule has 0 saturated heterocycles. The van der Waals surface area contributed by atoms with Crippen molar-refractivity contribution < 1.29 is 22.8 Å². The molecular formula is C20H21N3O5S. The van der Waals surface area contributed by atoms with E-state index in [9.17, 15) is 22.8 Å². The second kappa shape index (κ2) is 7.41. The van der Waals surface area contributed by atoms with E-state index in [1.165, 1.54) is 51.5 Å². The molecule has 3 amide bonds. The number of fused-ring (bicyclic) bond motifs is 1. The summed E-state index contributed by atoms with van der Waals surface area (Å²) < 4.78 is 25.4. The Morgan fingerprint density at radius 2 is 1.59 bits per heavy atom. The minimum absolute atomic E-state index is 0.163. The van der Waals surface area contributed by atoms with Crippen LogP contribution in [0.15, 0.2) is 47.4 Å². The van der Waals surface area contributed by atoms with Crippen molar-refractivity contribution in [3.8, 4) is 0 Å². The van der Waals surface area contributed by atoms with Gasteiger partial charge in [0.1, 0.15) is 0 Å². The van der Waals surface area contributed by atoms with Gasteiger partial charge in [0.05, 0.1) is 22.1 Å². The number of hydrogen-bond donors (Lipinski definition) is 1. The zero-order chi connectivity index (χ0) is 21.5. The maximum atomic E-state index is 12.6. The van der Waals surface area contributed by atoms with Crippen LogP contribution in [-0.2, 0) is 10.0 Å². The molecule has 0 aliphatic carbocycles. The fraction of sp³-hybridized carbons (Fsp3) is 0.250. The maximum Gasteiger partial charge on any atom is 0.261 e. The summed E-state index contributed by atoms with van der Waals surface area (Å²) in [6, 6.07) is 10.2. The van der Waals surface area contributed by atoms with Crippen molar-refractivity contribution in [1.29, 1.82) is 0 Å². The van der Waals surface area contributed by atoms with Crippen molar-refractivity contribution in [2.24, 2.45) is 0 Å². The molecule has 0 fully saturated rings. The van der Waals surface area contributed by atoms with E-state index >= 15 is 0 Å². The van der Waals surface area contributed by atoms with Crippen molar-refractivity contribution in [1.82, 2.24) is 14.5 Å². The smallest absolute Gasteiger partial charge is 0.261 e. The summed E-state index contributed by atoms with van der Waals surface area (Å²) in [7, 11) is 0.787. The molecule has 1 aliphatic heterocycles. The molecule has 2 aromatic rings. The van der Waals surface area contributed by atoms with Gasteiger partial charge in [0.2, 0.25) is 10.0 Å². The molecule has 0 radical (unpaired) electrons. The SMILES string of the molecule is CC(NC(=O)c1ccc2c(c1)C(=O)N(C)C2=O)c1ccc(S(=O)(=O)N(C)C)cc1. The number of rotatable bonds is 5. The van der Waals surface area contributed by atoms with Crippen molar-refractivity contribution in [3.05, 3.63) is 64.7 Å². The molecular weight excluding hydrogens is 394 g/mol. The topological polar surface area (TPSA) is 104 Å². The molecule has 0 spiro atoms. The second-order valence-electron chi connectivity index (χ2n) is 6.98. The summed E-state index contributed by atoms with van der Waals surface area (Å²) in [6.07, 6.45) is 0. The summed E-state index contributed by atoms with van der Waals surface area (Å²) in [4.78, 5) is 37.8. The molecule has 2 aromatic carbocycles. The van der Waals surface area contributed by atoms with Crippen LogP contribution in [0.2, 0.25) is 0 Å². The zero-order valence-corrected chi connectivity index (χ0v) is 17.3. The molecule has 0 aromatic heterocycles. The zero-order valence-electron chi connectivity index (χ0n) is 16.5. The van der Waals surface area contributed by atoms with Crippen LogP contribution in [0.1, 0.15) is 49.6 Å². The first-order valence-corrected chi connectivity index (χ1v) is 10.3. The molecule has 1 heterocycles. The van der Waals surface area contributed by atoms with Crippen LogP contribution in [-0.4, -0.2) is 56.5 Å². The lowest BCUT2D eigenvalue weighted by atomic mass is 10.0. The van der Waals surface area contributed by atoms with E-state index < -0.39 is 33.8 Å². The van der Waals surface area contributed by atoms with E-state index in [1.54, 1.807) is 19.1 Å². The Bertz CT molecular complexity index is 1110. The number of nitrogens with one attached hydrogen (secondary N) is 1. The molecule has 1 unspecified atom stereocenters. The average Bonchev–Trinajstić information content (AvgIpc) is 2.91. The Balaban J connectivity index is 1.77. The van der Waals surface area contributed by atoms with E-state index in [1.807, 2.05) is 0 Å². The first-order valence-electron chi connectivity index (χ1n) is 8.84. The van der Waals surface area contributed by atoms with Gasteiger partial charge in [-0.1, -0.05) is 12.1 Å². The molecule has 9 heteroatoms. The van der Waals surface area contributed by atoms with Crippen LogP contribution in [0.5, 0.6) is 0 Å². The Morgan fingerprint density at radius 3 is 2.17 bits per heavy atom. The van der Waals surface area contributed by atoms with E-state index in [2.05, 4.69) is 5.32 Å². The van der Waals surface area contributed by atoms with Crippen LogP contribution in [0.4, 0.5) is 0 Å². The molecule has 29 heavy (non-hydrogen) atoms. The molecule has 0 saturated carbocycles. The lowest BCUT2D eigenvalue weighted by Crippen LogP contribution is -2.27. The Morgan fingerprint density at radius 1 is 1.00 bits per heavy atom. The Kier molecular flexibility index (Phi) is 5.29. The van der Waals surface area contributed by atoms with Crippen LogP contribution in [0, 0.1) is 0 Å². The molecule has 1 N–H and O–H groups in total. The second-order valence-corrected chi connectivity index (χ2v) is 9.13. The van der Waals surface area contributed by atoms with Crippen LogP contribution in [0.3, 0.4) is 0 Å². The third kappa shape index (κ3) is 3.66. The number of carbonyl (C=O) groups excluding carboxylic acids is 3. The first-order chi connectivity index (χ1) is 13.5. The predicted molar refractivity (Wildman–Crippen MR) is 106 cm³/mol. The highest BCUT2D eigenvalue weighted by Crippen LogP contribution is 2.23. The normalized spacial score (nSPS) is 14.9. The quantitative estimate of drug-likeness (QED) is 0.748. The van der Waals surface area contributed by atoms with E-state index in [4.69, 9.17) is 0 Å². The van der Waals surface area contributed by atoms with Crippen LogP contribution < -0.4 is 5.32 Å². The van der Waals surface area contributed by atoms with Crippen LogP contribution in [0.25, 0.3) is 0 Å². The fourth-order valence-electron chi connectivity index (χ4n) is 3.01. The number of benzene rings is 2. The highest BCUT2D eigenvalue weighted by Gasteiger charge is 2.33. The van der Waals surface area contributed by atoms with Gasteiger partial charge in [-0.3, -0.25) is 19.3 Å². The Hall–Kier alpha value is -3.04.